The number of aromatic amines is 1. The first-order valence-electron chi connectivity index (χ1n) is 8.73. The van der Waals surface area contributed by atoms with Gasteiger partial charge in [0, 0.05) is 50.4 Å². The summed E-state index contributed by atoms with van der Waals surface area (Å²) >= 11 is 0. The van der Waals surface area contributed by atoms with Crippen LogP contribution in [0.5, 0.6) is 0 Å². The van der Waals surface area contributed by atoms with E-state index in [-0.39, 0.29) is 11.7 Å². The Balaban J connectivity index is 1.71. The minimum absolute atomic E-state index is 0.0499. The van der Waals surface area contributed by atoms with Crippen molar-refractivity contribution in [3.8, 4) is 0 Å². The Hall–Kier alpha value is -1.62. The molecule has 0 atom stereocenters. The second-order valence-electron chi connectivity index (χ2n) is 7.24. The number of nitrogens with zero attached hydrogens (tertiary/aromatic N) is 2. The van der Waals surface area contributed by atoms with Crippen LogP contribution in [0.4, 0.5) is 0 Å². The van der Waals surface area contributed by atoms with Gasteiger partial charge in [-0.15, -0.1) is 0 Å². The number of Topliss-reactive ketones (excluding diaryl/α,β-unsaturated/α-hetero) is 1. The first-order valence-corrected chi connectivity index (χ1v) is 8.73. The Labute approximate surface area is 138 Å². The number of nitrogens with one attached hydrogen (secondary N) is 1. The number of rotatable bonds is 3. The predicted molar refractivity (Wildman–Crippen MR) is 90.0 cm³/mol. The maximum atomic E-state index is 12.8. The normalized spacial score (nSPS) is 19.3. The molecule has 0 radical (unpaired) electrons. The molecule has 1 aromatic heterocycles. The van der Waals surface area contributed by atoms with Gasteiger partial charge >= 0.3 is 0 Å². The average molecular weight is 317 g/mol. The van der Waals surface area contributed by atoms with Gasteiger partial charge in [-0.25, -0.2) is 0 Å². The molecule has 5 heteroatoms. The summed E-state index contributed by atoms with van der Waals surface area (Å²) in [6.45, 7) is 10.8. The van der Waals surface area contributed by atoms with Gasteiger partial charge in [0.05, 0.1) is 0 Å². The van der Waals surface area contributed by atoms with Crippen molar-refractivity contribution >= 4 is 11.7 Å². The van der Waals surface area contributed by atoms with E-state index in [2.05, 4.69) is 23.7 Å². The Morgan fingerprint density at radius 2 is 1.87 bits per heavy atom. The largest absolute Gasteiger partial charge is 0.354 e. The number of aromatic nitrogens is 1. The van der Waals surface area contributed by atoms with Crippen LogP contribution in [0.3, 0.4) is 0 Å². The van der Waals surface area contributed by atoms with E-state index in [0.29, 0.717) is 18.0 Å². The minimum atomic E-state index is 0.0499. The molecule has 5 nitrogen and oxygen atoms in total. The Morgan fingerprint density at radius 3 is 2.48 bits per heavy atom. The van der Waals surface area contributed by atoms with Gasteiger partial charge < -0.3 is 9.88 Å². The Bertz CT molecular complexity index is 610. The van der Waals surface area contributed by atoms with E-state index >= 15 is 0 Å². The second-order valence-corrected chi connectivity index (χ2v) is 7.24. The Kier molecular flexibility index (Phi) is 4.57. The molecule has 1 aromatic rings. The number of amides is 1. The van der Waals surface area contributed by atoms with Crippen molar-refractivity contribution in [3.05, 3.63) is 22.5 Å². The van der Waals surface area contributed by atoms with Crippen molar-refractivity contribution in [2.75, 3.05) is 32.7 Å². The van der Waals surface area contributed by atoms with E-state index in [1.165, 1.54) is 0 Å². The first kappa shape index (κ1) is 16.2. The van der Waals surface area contributed by atoms with E-state index in [9.17, 15) is 9.59 Å². The molecule has 1 aliphatic carbocycles. The number of hydrogen-bond acceptors (Lipinski definition) is 3. The first-order chi connectivity index (χ1) is 11.0. The lowest BCUT2D eigenvalue weighted by molar-refractivity contribution is 0.0618. The number of H-pyrrole nitrogens is 1. The van der Waals surface area contributed by atoms with Gasteiger partial charge in [-0.05, 0) is 31.2 Å². The number of aryl methyl sites for hydroxylation is 1. The van der Waals surface area contributed by atoms with Crippen molar-refractivity contribution in [2.24, 2.45) is 5.92 Å². The highest BCUT2D eigenvalue weighted by molar-refractivity contribution is 6.04. The van der Waals surface area contributed by atoms with Crippen LogP contribution in [-0.2, 0) is 6.42 Å². The van der Waals surface area contributed by atoms with Crippen molar-refractivity contribution in [1.82, 2.24) is 14.8 Å². The summed E-state index contributed by atoms with van der Waals surface area (Å²) in [5, 5.41) is 0. The summed E-state index contributed by atoms with van der Waals surface area (Å²) in [5.41, 5.74) is 3.21. The molecule has 3 rings (SSSR count). The fourth-order valence-corrected chi connectivity index (χ4v) is 3.80. The zero-order valence-corrected chi connectivity index (χ0v) is 14.4. The molecule has 1 N–H and O–H groups in total. The van der Waals surface area contributed by atoms with Crippen LogP contribution < -0.4 is 0 Å². The molecule has 23 heavy (non-hydrogen) atoms. The van der Waals surface area contributed by atoms with Crippen LogP contribution in [0.15, 0.2) is 0 Å². The van der Waals surface area contributed by atoms with Crippen molar-refractivity contribution < 1.29 is 9.59 Å². The van der Waals surface area contributed by atoms with E-state index in [0.717, 1.165) is 62.4 Å². The van der Waals surface area contributed by atoms with Crippen molar-refractivity contribution in [3.63, 3.8) is 0 Å². The third-order valence-corrected chi connectivity index (χ3v) is 4.93. The molecule has 0 saturated carbocycles. The smallest absolute Gasteiger partial charge is 0.270 e. The molecule has 0 bridgehead atoms. The lowest BCUT2D eigenvalue weighted by Crippen LogP contribution is -2.49. The summed E-state index contributed by atoms with van der Waals surface area (Å²) in [6.07, 6.45) is 2.36. The van der Waals surface area contributed by atoms with Gasteiger partial charge in [0.2, 0.25) is 0 Å². The molecule has 1 saturated heterocycles. The lowest BCUT2D eigenvalue weighted by Gasteiger charge is -2.35. The molecular formula is C18H27N3O2. The molecule has 1 fully saturated rings. The molecule has 2 heterocycles. The number of fused-ring (bicyclic) bond motifs is 1. The zero-order valence-electron chi connectivity index (χ0n) is 14.4. The van der Waals surface area contributed by atoms with Crippen LogP contribution in [0.25, 0.3) is 0 Å². The highest BCUT2D eigenvalue weighted by Crippen LogP contribution is 2.27. The predicted octanol–water partition coefficient (Wildman–Crippen LogP) is 2.26. The zero-order chi connectivity index (χ0) is 16.6. The molecule has 0 spiro atoms. The van der Waals surface area contributed by atoms with Crippen LogP contribution in [-0.4, -0.2) is 59.2 Å². The lowest BCUT2D eigenvalue weighted by atomic mass is 9.93. The number of hydrogen-bond donors (Lipinski definition) is 1. The van der Waals surface area contributed by atoms with Gasteiger partial charge in [-0.3, -0.25) is 14.5 Å². The van der Waals surface area contributed by atoms with Gasteiger partial charge in [-0.2, -0.15) is 0 Å². The van der Waals surface area contributed by atoms with Crippen molar-refractivity contribution in [1.29, 1.82) is 0 Å². The maximum Gasteiger partial charge on any atom is 0.270 e. The summed E-state index contributed by atoms with van der Waals surface area (Å²) in [5.74, 6) is 0.885. The van der Waals surface area contributed by atoms with Gasteiger partial charge in [0.15, 0.2) is 5.78 Å². The van der Waals surface area contributed by atoms with E-state index in [4.69, 9.17) is 0 Å². The minimum Gasteiger partial charge on any atom is -0.354 e. The molecule has 2 aliphatic rings. The SMILES string of the molecule is Cc1c(C(=O)N2CCN(CC(C)C)CC2)[nH]c2c1C(=O)CCC2. The van der Waals surface area contributed by atoms with Crippen LogP contribution in [0, 0.1) is 12.8 Å². The second kappa shape index (κ2) is 6.48. The van der Waals surface area contributed by atoms with Gasteiger partial charge in [-0.1, -0.05) is 13.8 Å². The summed E-state index contributed by atoms with van der Waals surface area (Å²) in [4.78, 5) is 32.5. The molecule has 1 aliphatic heterocycles. The van der Waals surface area contributed by atoms with Gasteiger partial charge in [0.1, 0.15) is 5.69 Å². The third-order valence-electron chi connectivity index (χ3n) is 4.93. The summed E-state index contributed by atoms with van der Waals surface area (Å²) in [7, 11) is 0. The molecule has 0 unspecified atom stereocenters. The number of carbonyl (C=O) groups excluding carboxylic acids is 2. The number of ketones is 1. The summed E-state index contributed by atoms with van der Waals surface area (Å²) in [6, 6.07) is 0. The van der Waals surface area contributed by atoms with E-state index in [1.807, 2.05) is 11.8 Å². The number of carbonyl (C=O) groups is 2. The fourth-order valence-electron chi connectivity index (χ4n) is 3.80. The van der Waals surface area contributed by atoms with Crippen molar-refractivity contribution in [2.45, 2.75) is 40.0 Å². The maximum absolute atomic E-state index is 12.8. The summed E-state index contributed by atoms with van der Waals surface area (Å²) < 4.78 is 0. The van der Waals surface area contributed by atoms with Crippen LogP contribution in [0.2, 0.25) is 0 Å². The van der Waals surface area contributed by atoms with E-state index < -0.39 is 0 Å². The standard InChI is InChI=1S/C18H27N3O2/c1-12(2)11-20-7-9-21(10-8-20)18(23)17-13(3)16-14(19-17)5-4-6-15(16)22/h12,19H,4-11H2,1-3H3. The quantitative estimate of drug-likeness (QED) is 0.930. The number of piperazine rings is 1. The Morgan fingerprint density at radius 1 is 1.17 bits per heavy atom. The fraction of sp³-hybridized carbons (Fsp3) is 0.667. The van der Waals surface area contributed by atoms with Crippen LogP contribution >= 0.6 is 0 Å². The monoisotopic (exact) mass is 317 g/mol. The van der Waals surface area contributed by atoms with Gasteiger partial charge in [0.25, 0.3) is 5.91 Å². The molecular weight excluding hydrogens is 290 g/mol. The van der Waals surface area contributed by atoms with E-state index in [1.54, 1.807) is 0 Å². The highest BCUT2D eigenvalue weighted by atomic mass is 16.2. The third kappa shape index (κ3) is 3.20. The topological polar surface area (TPSA) is 56.4 Å². The molecule has 1 amide bonds. The van der Waals surface area contributed by atoms with Crippen LogP contribution in [0.1, 0.15) is 58.8 Å². The highest BCUT2D eigenvalue weighted by Gasteiger charge is 2.29. The average Bonchev–Trinajstić information content (AvgIpc) is 2.85. The molecule has 126 valence electrons. The molecule has 0 aromatic carbocycles.